The Morgan fingerprint density at radius 1 is 1.19 bits per heavy atom. The van der Waals surface area contributed by atoms with Gasteiger partial charge >= 0.3 is 0 Å². The van der Waals surface area contributed by atoms with Gasteiger partial charge in [-0.1, -0.05) is 18.2 Å². The van der Waals surface area contributed by atoms with Crippen LogP contribution in [0, 0.1) is 11.3 Å². The molecule has 0 saturated carbocycles. The van der Waals surface area contributed by atoms with Crippen molar-refractivity contribution < 1.29 is 8.42 Å². The second-order valence-electron chi connectivity index (χ2n) is 4.64. The van der Waals surface area contributed by atoms with Crippen molar-refractivity contribution in [2.45, 2.75) is 12.3 Å². The highest BCUT2D eigenvalue weighted by Gasteiger charge is 2.19. The number of nitriles is 1. The number of hydrogen-bond acceptors (Lipinski definition) is 4. The number of rotatable bonds is 5. The van der Waals surface area contributed by atoms with Gasteiger partial charge in [-0.2, -0.15) is 9.57 Å². The molecule has 0 N–H and O–H groups in total. The van der Waals surface area contributed by atoms with Crippen LogP contribution in [0.25, 0.3) is 0 Å². The fourth-order valence-corrected chi connectivity index (χ4v) is 2.98. The average molecular weight is 301 g/mol. The van der Waals surface area contributed by atoms with Crippen LogP contribution >= 0.6 is 0 Å². The zero-order chi connectivity index (χ0) is 15.3. The lowest BCUT2D eigenvalue weighted by atomic mass is 10.2. The second kappa shape index (κ2) is 6.48. The van der Waals surface area contributed by atoms with E-state index in [0.29, 0.717) is 16.8 Å². The predicted molar refractivity (Wildman–Crippen MR) is 79.5 cm³/mol. The van der Waals surface area contributed by atoms with Gasteiger partial charge in [0.15, 0.2) is 0 Å². The molecule has 1 aromatic heterocycles. The first-order valence-corrected chi connectivity index (χ1v) is 7.95. The summed E-state index contributed by atoms with van der Waals surface area (Å²) in [6.45, 7) is 0.236. The Labute approximate surface area is 124 Å². The summed E-state index contributed by atoms with van der Waals surface area (Å²) in [6.07, 6.45) is 1.64. The van der Waals surface area contributed by atoms with E-state index < -0.39 is 10.0 Å². The Hall–Kier alpha value is -2.23. The molecule has 21 heavy (non-hydrogen) atoms. The third-order valence-corrected chi connectivity index (χ3v) is 4.79. The van der Waals surface area contributed by atoms with E-state index in [1.54, 1.807) is 42.6 Å². The second-order valence-corrected chi connectivity index (χ2v) is 6.72. The highest BCUT2D eigenvalue weighted by Crippen LogP contribution is 2.12. The first-order chi connectivity index (χ1) is 10.0. The summed E-state index contributed by atoms with van der Waals surface area (Å²) in [6, 6.07) is 13.9. The first kappa shape index (κ1) is 15.2. The van der Waals surface area contributed by atoms with Gasteiger partial charge < -0.3 is 0 Å². The van der Waals surface area contributed by atoms with E-state index >= 15 is 0 Å². The average Bonchev–Trinajstić information content (AvgIpc) is 2.48. The maximum atomic E-state index is 12.3. The number of nitrogens with zero attached hydrogens (tertiary/aromatic N) is 3. The lowest BCUT2D eigenvalue weighted by molar-refractivity contribution is 0.461. The fourth-order valence-electron chi connectivity index (χ4n) is 1.81. The molecule has 0 atom stereocenters. The molecule has 0 bridgehead atoms. The summed E-state index contributed by atoms with van der Waals surface area (Å²) >= 11 is 0. The lowest BCUT2D eigenvalue weighted by Crippen LogP contribution is -2.28. The summed E-state index contributed by atoms with van der Waals surface area (Å²) in [4.78, 5) is 4.12. The maximum Gasteiger partial charge on any atom is 0.218 e. The molecule has 2 aromatic rings. The molecule has 1 aromatic carbocycles. The number of benzene rings is 1. The molecular weight excluding hydrogens is 286 g/mol. The van der Waals surface area contributed by atoms with Gasteiger partial charge in [0.05, 0.1) is 29.6 Å². The summed E-state index contributed by atoms with van der Waals surface area (Å²) in [5.41, 5.74) is 1.86. The molecule has 0 spiro atoms. The van der Waals surface area contributed by atoms with Crippen LogP contribution in [0.3, 0.4) is 0 Å². The van der Waals surface area contributed by atoms with Gasteiger partial charge in [-0.3, -0.25) is 4.98 Å². The monoisotopic (exact) mass is 301 g/mol. The molecule has 0 radical (unpaired) electrons. The van der Waals surface area contributed by atoms with E-state index in [1.165, 1.54) is 11.4 Å². The Kier molecular flexibility index (Phi) is 4.68. The minimum Gasteiger partial charge on any atom is -0.260 e. The Morgan fingerprint density at radius 3 is 2.48 bits per heavy atom. The van der Waals surface area contributed by atoms with Crippen LogP contribution in [0.1, 0.15) is 16.8 Å². The van der Waals surface area contributed by atoms with Crippen molar-refractivity contribution >= 4 is 10.0 Å². The zero-order valence-corrected chi connectivity index (χ0v) is 12.4. The maximum absolute atomic E-state index is 12.3. The molecular formula is C15H15N3O2S. The van der Waals surface area contributed by atoms with E-state index in [4.69, 9.17) is 5.26 Å². The summed E-state index contributed by atoms with van der Waals surface area (Å²) < 4.78 is 25.9. The number of sulfonamides is 1. The normalized spacial score (nSPS) is 11.3. The Balaban J connectivity index is 2.08. The molecule has 108 valence electrons. The number of pyridine rings is 1. The molecule has 0 aliphatic carbocycles. The quantitative estimate of drug-likeness (QED) is 0.845. The number of aromatic nitrogens is 1. The topological polar surface area (TPSA) is 74.1 Å². The Morgan fingerprint density at radius 2 is 1.90 bits per heavy atom. The highest BCUT2D eigenvalue weighted by atomic mass is 32.2. The molecule has 0 aliphatic heterocycles. The molecule has 0 aliphatic rings. The van der Waals surface area contributed by atoms with Crippen molar-refractivity contribution in [1.29, 1.82) is 5.26 Å². The van der Waals surface area contributed by atoms with Crippen molar-refractivity contribution in [3.63, 3.8) is 0 Å². The zero-order valence-electron chi connectivity index (χ0n) is 11.6. The summed E-state index contributed by atoms with van der Waals surface area (Å²) in [7, 11) is -1.89. The van der Waals surface area contributed by atoms with Gasteiger partial charge in [-0.05, 0) is 29.8 Å². The van der Waals surface area contributed by atoms with Gasteiger partial charge in [-0.15, -0.1) is 0 Å². The molecule has 0 saturated heterocycles. The predicted octanol–water partition coefficient (Wildman–Crippen LogP) is 1.92. The van der Waals surface area contributed by atoms with Crippen molar-refractivity contribution in [2.24, 2.45) is 0 Å². The van der Waals surface area contributed by atoms with Crippen LogP contribution in [0.15, 0.2) is 48.7 Å². The SMILES string of the molecule is CN(Cc1ccccn1)S(=O)(=O)Cc1ccc(C#N)cc1. The van der Waals surface area contributed by atoms with Crippen molar-refractivity contribution in [1.82, 2.24) is 9.29 Å². The van der Waals surface area contributed by atoms with Gasteiger partial charge in [0.1, 0.15) is 0 Å². The minimum absolute atomic E-state index is 0.0952. The fraction of sp³-hybridized carbons (Fsp3) is 0.200. The van der Waals surface area contributed by atoms with Crippen LogP contribution in [0.5, 0.6) is 0 Å². The van der Waals surface area contributed by atoms with Crippen molar-refractivity contribution in [3.8, 4) is 6.07 Å². The molecule has 0 amide bonds. The molecule has 2 rings (SSSR count). The van der Waals surface area contributed by atoms with Crippen LogP contribution in [-0.2, 0) is 22.3 Å². The third-order valence-electron chi connectivity index (χ3n) is 3.02. The van der Waals surface area contributed by atoms with E-state index in [9.17, 15) is 8.42 Å². The molecule has 5 nitrogen and oxygen atoms in total. The van der Waals surface area contributed by atoms with Crippen molar-refractivity contribution in [3.05, 3.63) is 65.5 Å². The molecule has 1 heterocycles. The van der Waals surface area contributed by atoms with E-state index in [-0.39, 0.29) is 12.3 Å². The minimum atomic E-state index is -3.42. The van der Waals surface area contributed by atoms with Crippen LogP contribution in [-0.4, -0.2) is 24.8 Å². The molecule has 6 heteroatoms. The summed E-state index contributed by atoms with van der Waals surface area (Å²) in [5, 5.41) is 8.73. The van der Waals surface area contributed by atoms with Gasteiger partial charge in [0, 0.05) is 13.2 Å². The lowest BCUT2D eigenvalue weighted by Gasteiger charge is -2.16. The van der Waals surface area contributed by atoms with E-state index in [0.717, 1.165) is 0 Å². The van der Waals surface area contributed by atoms with Crippen LogP contribution < -0.4 is 0 Å². The standard InChI is InChI=1S/C15H15N3O2S/c1-18(11-15-4-2-3-9-17-15)21(19,20)12-14-7-5-13(10-16)6-8-14/h2-9H,11-12H2,1H3. The van der Waals surface area contributed by atoms with Gasteiger partial charge in [-0.25, -0.2) is 8.42 Å². The van der Waals surface area contributed by atoms with E-state index in [2.05, 4.69) is 4.98 Å². The first-order valence-electron chi connectivity index (χ1n) is 6.34. The Bertz CT molecular complexity index is 735. The van der Waals surface area contributed by atoms with Crippen LogP contribution in [0.2, 0.25) is 0 Å². The van der Waals surface area contributed by atoms with Gasteiger partial charge in [0.25, 0.3) is 0 Å². The summed E-state index contributed by atoms with van der Waals surface area (Å²) in [5.74, 6) is -0.0952. The third kappa shape index (κ3) is 4.12. The molecule has 0 unspecified atom stereocenters. The van der Waals surface area contributed by atoms with Crippen molar-refractivity contribution in [2.75, 3.05) is 7.05 Å². The smallest absolute Gasteiger partial charge is 0.218 e. The van der Waals surface area contributed by atoms with Crippen LogP contribution in [0.4, 0.5) is 0 Å². The molecule has 0 fully saturated rings. The van der Waals surface area contributed by atoms with E-state index in [1.807, 2.05) is 12.1 Å². The van der Waals surface area contributed by atoms with Gasteiger partial charge in [0.2, 0.25) is 10.0 Å². The number of hydrogen-bond donors (Lipinski definition) is 0. The highest BCUT2D eigenvalue weighted by molar-refractivity contribution is 7.88. The largest absolute Gasteiger partial charge is 0.260 e.